The molecule has 0 bridgehead atoms. The molecule has 7 heteroatoms. The summed E-state index contributed by atoms with van der Waals surface area (Å²) in [6, 6.07) is -0.545. The molecular weight excluding hydrogens is 278 g/mol. The van der Waals surface area contributed by atoms with Crippen LogP contribution in [0.3, 0.4) is 0 Å². The first kappa shape index (κ1) is 20.1. The van der Waals surface area contributed by atoms with Crippen LogP contribution in [-0.4, -0.2) is 62.7 Å². The Morgan fingerprint density at radius 2 is 1.95 bits per heavy atom. The molecule has 0 fully saturated rings. The minimum atomic E-state index is -0.587. The Morgan fingerprint density at radius 1 is 1.29 bits per heavy atom. The second-order valence-electron chi connectivity index (χ2n) is 5.57. The molecule has 0 aliphatic rings. The number of hydrogen-bond acceptors (Lipinski definition) is 6. The van der Waals surface area contributed by atoms with Gasteiger partial charge in [-0.3, -0.25) is 0 Å². The maximum atomic E-state index is 11.7. The van der Waals surface area contributed by atoms with Gasteiger partial charge in [0, 0.05) is 7.11 Å². The van der Waals surface area contributed by atoms with Crippen molar-refractivity contribution in [2.45, 2.75) is 51.9 Å². The van der Waals surface area contributed by atoms with Crippen LogP contribution in [0.1, 0.15) is 34.1 Å². The number of carbonyl (C=O) groups is 1. The van der Waals surface area contributed by atoms with Crippen molar-refractivity contribution in [3.63, 3.8) is 0 Å². The highest BCUT2D eigenvalue weighted by molar-refractivity contribution is 5.68. The van der Waals surface area contributed by atoms with E-state index in [1.165, 1.54) is 0 Å². The van der Waals surface area contributed by atoms with Gasteiger partial charge in [0.2, 0.25) is 0 Å². The predicted molar refractivity (Wildman–Crippen MR) is 78.1 cm³/mol. The lowest BCUT2D eigenvalue weighted by Gasteiger charge is -2.27. The van der Waals surface area contributed by atoms with Gasteiger partial charge in [-0.05, 0) is 27.2 Å². The van der Waals surface area contributed by atoms with Crippen molar-refractivity contribution in [1.29, 1.82) is 0 Å². The van der Waals surface area contributed by atoms with E-state index in [9.17, 15) is 9.90 Å². The number of ether oxygens (including phenoxy) is 4. The van der Waals surface area contributed by atoms with Crippen LogP contribution >= 0.6 is 0 Å². The Hall–Kier alpha value is -0.890. The first-order chi connectivity index (χ1) is 9.84. The summed E-state index contributed by atoms with van der Waals surface area (Å²) >= 11 is 0. The zero-order valence-corrected chi connectivity index (χ0v) is 13.7. The fraction of sp³-hybridized carbons (Fsp3) is 0.929. The van der Waals surface area contributed by atoms with E-state index in [-0.39, 0.29) is 19.5 Å². The number of nitrogens with one attached hydrogen (secondary N) is 1. The molecule has 126 valence electrons. The van der Waals surface area contributed by atoms with E-state index in [2.05, 4.69) is 5.32 Å². The van der Waals surface area contributed by atoms with Gasteiger partial charge in [-0.15, -0.1) is 0 Å². The minimum Gasteiger partial charge on any atom is -0.444 e. The maximum absolute atomic E-state index is 11.7. The molecule has 0 saturated heterocycles. The maximum Gasteiger partial charge on any atom is 0.408 e. The van der Waals surface area contributed by atoms with Crippen molar-refractivity contribution in [1.82, 2.24) is 5.32 Å². The monoisotopic (exact) mass is 307 g/mol. The number of amides is 1. The average molecular weight is 307 g/mol. The Bertz CT molecular complexity index is 279. The molecule has 0 aliphatic carbocycles. The summed E-state index contributed by atoms with van der Waals surface area (Å²) in [7, 11) is 1.59. The van der Waals surface area contributed by atoms with Crippen molar-refractivity contribution in [2.24, 2.45) is 0 Å². The van der Waals surface area contributed by atoms with Gasteiger partial charge in [0.05, 0.1) is 32.0 Å². The number of carbonyl (C=O) groups excluding carboxylic acids is 1. The van der Waals surface area contributed by atoms with Crippen LogP contribution in [-0.2, 0) is 18.9 Å². The molecule has 0 unspecified atom stereocenters. The number of aliphatic hydroxyl groups excluding tert-OH is 1. The average Bonchev–Trinajstić information content (AvgIpc) is 2.39. The number of methoxy groups -OCH3 is 1. The summed E-state index contributed by atoms with van der Waals surface area (Å²) in [5, 5.41) is 12.0. The summed E-state index contributed by atoms with van der Waals surface area (Å²) in [5.41, 5.74) is -0.587. The molecule has 7 nitrogen and oxygen atoms in total. The van der Waals surface area contributed by atoms with E-state index in [0.717, 1.165) is 0 Å². The summed E-state index contributed by atoms with van der Waals surface area (Å²) in [6.07, 6.45) is -0.316. The second-order valence-corrected chi connectivity index (χ2v) is 5.57. The van der Waals surface area contributed by atoms with E-state index >= 15 is 0 Å². The molecule has 0 heterocycles. The molecule has 2 atom stereocenters. The van der Waals surface area contributed by atoms with Gasteiger partial charge in [-0.25, -0.2) is 4.79 Å². The summed E-state index contributed by atoms with van der Waals surface area (Å²) in [6.45, 7) is 7.98. The summed E-state index contributed by atoms with van der Waals surface area (Å²) < 4.78 is 20.7. The summed E-state index contributed by atoms with van der Waals surface area (Å²) in [5.74, 6) is 0. The van der Waals surface area contributed by atoms with Crippen molar-refractivity contribution in [3.8, 4) is 0 Å². The number of alkyl carbamates (subject to hydrolysis) is 1. The minimum absolute atomic E-state index is 0.0777. The normalized spacial score (nSPS) is 14.6. The molecule has 0 aromatic rings. The highest BCUT2D eigenvalue weighted by Crippen LogP contribution is 2.09. The molecule has 0 aliphatic heterocycles. The van der Waals surface area contributed by atoms with E-state index < -0.39 is 17.7 Å². The Morgan fingerprint density at radius 3 is 2.43 bits per heavy atom. The van der Waals surface area contributed by atoms with Gasteiger partial charge in [-0.2, -0.15) is 0 Å². The van der Waals surface area contributed by atoms with Crippen molar-refractivity contribution >= 4 is 6.09 Å². The van der Waals surface area contributed by atoms with Gasteiger partial charge in [0.15, 0.2) is 0 Å². The quantitative estimate of drug-likeness (QED) is 0.467. The number of rotatable bonds is 10. The van der Waals surface area contributed by atoms with Gasteiger partial charge < -0.3 is 29.4 Å². The van der Waals surface area contributed by atoms with Crippen LogP contribution < -0.4 is 5.32 Å². The third-order valence-corrected chi connectivity index (χ3v) is 2.55. The van der Waals surface area contributed by atoms with E-state index in [4.69, 9.17) is 18.9 Å². The topological polar surface area (TPSA) is 86.3 Å². The molecule has 0 radical (unpaired) electrons. The smallest absolute Gasteiger partial charge is 0.408 e. The van der Waals surface area contributed by atoms with Crippen LogP contribution in [0.5, 0.6) is 0 Å². The highest BCUT2D eigenvalue weighted by atomic mass is 16.7. The highest BCUT2D eigenvalue weighted by Gasteiger charge is 2.25. The van der Waals surface area contributed by atoms with E-state index in [1.807, 2.05) is 6.92 Å². The molecule has 1 amide bonds. The van der Waals surface area contributed by atoms with Crippen molar-refractivity contribution < 1.29 is 28.8 Å². The Balaban J connectivity index is 4.22. The predicted octanol–water partition coefficient (Wildman–Crippen LogP) is 1.29. The van der Waals surface area contributed by atoms with E-state index in [0.29, 0.717) is 19.6 Å². The fourth-order valence-corrected chi connectivity index (χ4v) is 1.57. The fourth-order valence-electron chi connectivity index (χ4n) is 1.57. The van der Waals surface area contributed by atoms with Crippen molar-refractivity contribution in [2.75, 3.05) is 33.7 Å². The van der Waals surface area contributed by atoms with Crippen LogP contribution in [0.25, 0.3) is 0 Å². The van der Waals surface area contributed by atoms with Gasteiger partial charge in [-0.1, -0.05) is 6.92 Å². The molecular formula is C14H29NO6. The van der Waals surface area contributed by atoms with Crippen LogP contribution in [0, 0.1) is 0 Å². The van der Waals surface area contributed by atoms with Gasteiger partial charge in [0.1, 0.15) is 12.4 Å². The molecule has 0 aromatic heterocycles. The first-order valence-electron chi connectivity index (χ1n) is 7.12. The Kier molecular flexibility index (Phi) is 10.3. The number of aliphatic hydroxyl groups is 1. The number of hydrogen-bond donors (Lipinski definition) is 2. The summed E-state index contributed by atoms with van der Waals surface area (Å²) in [4.78, 5) is 11.7. The zero-order chi connectivity index (χ0) is 16.3. The third-order valence-electron chi connectivity index (χ3n) is 2.55. The Labute approximate surface area is 126 Å². The van der Waals surface area contributed by atoms with E-state index in [1.54, 1.807) is 27.9 Å². The zero-order valence-electron chi connectivity index (χ0n) is 13.7. The van der Waals surface area contributed by atoms with Crippen molar-refractivity contribution in [3.05, 3.63) is 0 Å². The largest absolute Gasteiger partial charge is 0.444 e. The molecule has 0 saturated carbocycles. The molecule has 0 aromatic carbocycles. The molecule has 0 rings (SSSR count). The SMILES string of the molecule is CC[C@H](OCOCCOC)[C@H](CO)NC(=O)OC(C)(C)C. The lowest BCUT2D eigenvalue weighted by molar-refractivity contribution is -0.111. The lowest BCUT2D eigenvalue weighted by Crippen LogP contribution is -2.48. The van der Waals surface area contributed by atoms with Gasteiger partial charge in [0.25, 0.3) is 0 Å². The second kappa shape index (κ2) is 10.8. The van der Waals surface area contributed by atoms with Crippen LogP contribution in [0.2, 0.25) is 0 Å². The molecule has 2 N–H and O–H groups in total. The third kappa shape index (κ3) is 10.5. The standard InChI is InChI=1S/C14H29NO6/c1-6-12(20-10-19-8-7-18-5)11(9-16)15-13(17)21-14(2,3)4/h11-12,16H,6-10H2,1-5H3,(H,15,17)/t11-,12-/m0/s1. The van der Waals surface area contributed by atoms with Crippen LogP contribution in [0.15, 0.2) is 0 Å². The lowest BCUT2D eigenvalue weighted by atomic mass is 10.1. The molecule has 0 spiro atoms. The molecule has 21 heavy (non-hydrogen) atoms. The van der Waals surface area contributed by atoms with Crippen LogP contribution in [0.4, 0.5) is 4.79 Å². The first-order valence-corrected chi connectivity index (χ1v) is 7.12. The van der Waals surface area contributed by atoms with Gasteiger partial charge >= 0.3 is 6.09 Å².